The molecular formula is C87H70N4OS. The SMILES string of the molecule is CC1CC(c2ccc(-c3ccc4c(c3)c3cc(-c5ccc(-c6ccc(C(C)(C)C)cc6)cc5)ccc3n4-c3ccc(-c4ccc(N(c5ccc(-c6ccccc6)cc5)c5ccc(-c6ccc7c(c6)oc6ccccc67)cc5)c5nsnc45)cc3)cc2)=CC=C1C(C)(C)C. The summed E-state index contributed by atoms with van der Waals surface area (Å²) in [4.78, 5) is 2.31. The average Bonchev–Trinajstić information content (AvgIpc) is 2.06. The van der Waals surface area contributed by atoms with Gasteiger partial charge in [0.25, 0.3) is 0 Å². The molecule has 5 nitrogen and oxygen atoms in total. The molecule has 450 valence electrons. The van der Waals surface area contributed by atoms with Gasteiger partial charge in [0, 0.05) is 44.2 Å². The first-order valence-corrected chi connectivity index (χ1v) is 33.1. The van der Waals surface area contributed by atoms with Crippen molar-refractivity contribution >= 4 is 89.1 Å². The second-order valence-electron chi connectivity index (χ2n) is 27.2. The van der Waals surface area contributed by atoms with Crippen molar-refractivity contribution in [1.82, 2.24) is 13.3 Å². The third-order valence-electron chi connectivity index (χ3n) is 19.2. The normalized spacial score (nSPS) is 13.7. The average molecular weight is 1220 g/mol. The van der Waals surface area contributed by atoms with Crippen molar-refractivity contribution in [2.45, 2.75) is 60.3 Å². The number of allylic oxidation sites excluding steroid dienone is 4. The van der Waals surface area contributed by atoms with Crippen molar-refractivity contribution in [3.63, 3.8) is 0 Å². The summed E-state index contributed by atoms with van der Waals surface area (Å²) < 4.78 is 18.9. The first kappa shape index (κ1) is 57.5. The van der Waals surface area contributed by atoms with E-state index in [1.165, 1.54) is 83.7 Å². The van der Waals surface area contributed by atoms with Crippen LogP contribution in [0.2, 0.25) is 0 Å². The van der Waals surface area contributed by atoms with E-state index in [2.05, 4.69) is 325 Å². The molecule has 1 unspecified atom stereocenters. The third kappa shape index (κ3) is 10.6. The van der Waals surface area contributed by atoms with E-state index < -0.39 is 0 Å². The number of furan rings is 1. The Morgan fingerprint density at radius 3 is 1.45 bits per heavy atom. The highest BCUT2D eigenvalue weighted by Crippen LogP contribution is 2.46. The molecule has 0 radical (unpaired) electrons. The van der Waals surface area contributed by atoms with Crippen molar-refractivity contribution in [3.8, 4) is 72.4 Å². The number of hydrogen-bond donors (Lipinski definition) is 0. The molecule has 15 aromatic rings. The van der Waals surface area contributed by atoms with E-state index in [9.17, 15) is 0 Å². The van der Waals surface area contributed by atoms with Crippen molar-refractivity contribution in [2.24, 2.45) is 11.3 Å². The number of rotatable bonds is 11. The number of fused-ring (bicyclic) bond motifs is 7. The lowest BCUT2D eigenvalue weighted by Crippen LogP contribution is -2.18. The highest BCUT2D eigenvalue weighted by Gasteiger charge is 2.27. The largest absolute Gasteiger partial charge is 0.456 e. The molecule has 3 heterocycles. The fraction of sp³-hybridized carbons (Fsp3) is 0.126. The monoisotopic (exact) mass is 1220 g/mol. The van der Waals surface area contributed by atoms with E-state index in [0.717, 1.165) is 101 Å². The Balaban J connectivity index is 0.752. The minimum absolute atomic E-state index is 0.106. The van der Waals surface area contributed by atoms with Gasteiger partial charge in [0.2, 0.25) is 0 Å². The van der Waals surface area contributed by atoms with Gasteiger partial charge in [-0.15, -0.1) is 0 Å². The summed E-state index contributed by atoms with van der Waals surface area (Å²) in [6, 6.07) is 97.7. The summed E-state index contributed by atoms with van der Waals surface area (Å²) in [6.07, 6.45) is 5.76. The second-order valence-corrected chi connectivity index (χ2v) is 27.7. The Morgan fingerprint density at radius 2 is 0.871 bits per heavy atom. The van der Waals surface area contributed by atoms with Crippen molar-refractivity contribution in [3.05, 3.63) is 296 Å². The van der Waals surface area contributed by atoms with E-state index in [-0.39, 0.29) is 10.8 Å². The predicted molar refractivity (Wildman–Crippen MR) is 394 cm³/mol. The number of para-hydroxylation sites is 1. The van der Waals surface area contributed by atoms with Crippen LogP contribution in [0.15, 0.2) is 289 Å². The maximum atomic E-state index is 6.32. The summed E-state index contributed by atoms with van der Waals surface area (Å²) in [6.45, 7) is 16.1. The predicted octanol–water partition coefficient (Wildman–Crippen LogP) is 24.9. The first-order chi connectivity index (χ1) is 45.2. The van der Waals surface area contributed by atoms with Crippen LogP contribution in [-0.4, -0.2) is 13.3 Å². The van der Waals surface area contributed by atoms with Crippen molar-refractivity contribution in [2.75, 3.05) is 4.90 Å². The van der Waals surface area contributed by atoms with Crippen molar-refractivity contribution < 1.29 is 4.42 Å². The van der Waals surface area contributed by atoms with Crippen LogP contribution in [0.1, 0.15) is 66.0 Å². The standard InChI is InChI=1S/C87H70N4OS/c1-55-51-65(34-47-78(55)87(5,6)7)60-21-23-62(24-22-60)67-36-49-80-77(53-67)76-52-66(61-19-17-57(18-20-61)58-25-37-69(38-26-58)86(2,3)4)35-48-79(76)91(80)72-43-31-64(32-44-72)73-46-50-81(85-84(73)88-93-89-85)90(70-39-27-59(28-40-70)56-13-9-8-10-14-56)71-41-29-63(30-42-71)68-33-45-75-74-15-11-12-16-82(74)92-83(75)54-68/h8-50,52-55H,51H2,1-7H3. The zero-order valence-electron chi connectivity index (χ0n) is 53.4. The van der Waals surface area contributed by atoms with Gasteiger partial charge in [-0.25, -0.2) is 0 Å². The summed E-state index contributed by atoms with van der Waals surface area (Å²) in [7, 11) is 0. The van der Waals surface area contributed by atoms with Crippen LogP contribution in [0, 0.1) is 11.3 Å². The molecule has 3 aromatic heterocycles. The fourth-order valence-electron chi connectivity index (χ4n) is 14.2. The zero-order chi connectivity index (χ0) is 63.1. The smallest absolute Gasteiger partial charge is 0.136 e. The molecule has 0 amide bonds. The highest BCUT2D eigenvalue weighted by atomic mass is 32.1. The number of benzene rings is 12. The quantitative estimate of drug-likeness (QED) is 0.129. The molecule has 0 spiro atoms. The third-order valence-corrected chi connectivity index (χ3v) is 19.7. The van der Waals surface area contributed by atoms with E-state index in [1.807, 2.05) is 12.1 Å². The lowest BCUT2D eigenvalue weighted by molar-refractivity contribution is 0.435. The van der Waals surface area contributed by atoms with Gasteiger partial charge in [-0.05, 0) is 192 Å². The Labute approximate surface area is 548 Å². The molecule has 0 N–H and O–H groups in total. The van der Waals surface area contributed by atoms with Crippen LogP contribution >= 0.6 is 11.7 Å². The van der Waals surface area contributed by atoms with Gasteiger partial charge >= 0.3 is 0 Å². The van der Waals surface area contributed by atoms with Gasteiger partial charge in [0.05, 0.1) is 28.4 Å². The van der Waals surface area contributed by atoms with Crippen LogP contribution in [0.3, 0.4) is 0 Å². The van der Waals surface area contributed by atoms with Gasteiger partial charge in [-0.1, -0.05) is 242 Å². The fourth-order valence-corrected chi connectivity index (χ4v) is 14.8. The van der Waals surface area contributed by atoms with Gasteiger partial charge in [-0.3, -0.25) is 0 Å². The second kappa shape index (κ2) is 22.9. The first-order valence-electron chi connectivity index (χ1n) is 32.4. The van der Waals surface area contributed by atoms with Gasteiger partial charge < -0.3 is 13.9 Å². The molecule has 16 rings (SSSR count). The zero-order valence-corrected chi connectivity index (χ0v) is 54.3. The van der Waals surface area contributed by atoms with Crippen LogP contribution in [-0.2, 0) is 5.41 Å². The molecule has 1 atom stereocenters. The minimum Gasteiger partial charge on any atom is -0.456 e. The van der Waals surface area contributed by atoms with Crippen LogP contribution in [0.4, 0.5) is 17.1 Å². The van der Waals surface area contributed by atoms with E-state index >= 15 is 0 Å². The highest BCUT2D eigenvalue weighted by molar-refractivity contribution is 7.00. The van der Waals surface area contributed by atoms with Crippen LogP contribution in [0.25, 0.3) is 133 Å². The maximum absolute atomic E-state index is 6.32. The molecule has 0 aliphatic heterocycles. The molecule has 1 aliphatic rings. The van der Waals surface area contributed by atoms with Crippen molar-refractivity contribution in [1.29, 1.82) is 0 Å². The molecule has 0 fully saturated rings. The Hall–Kier alpha value is -10.7. The molecule has 0 bridgehead atoms. The lowest BCUT2D eigenvalue weighted by atomic mass is 9.74. The molecular weight excluding hydrogens is 1150 g/mol. The van der Waals surface area contributed by atoms with Crippen LogP contribution < -0.4 is 4.90 Å². The van der Waals surface area contributed by atoms with Gasteiger partial charge in [0.15, 0.2) is 0 Å². The van der Waals surface area contributed by atoms with E-state index in [4.69, 9.17) is 13.2 Å². The molecule has 1 aliphatic carbocycles. The Morgan fingerprint density at radius 1 is 0.398 bits per heavy atom. The molecule has 0 saturated carbocycles. The maximum Gasteiger partial charge on any atom is 0.136 e. The van der Waals surface area contributed by atoms with E-state index in [1.54, 1.807) is 0 Å². The van der Waals surface area contributed by atoms with Crippen LogP contribution in [0.5, 0.6) is 0 Å². The van der Waals surface area contributed by atoms with Gasteiger partial charge in [0.1, 0.15) is 22.2 Å². The molecule has 93 heavy (non-hydrogen) atoms. The Kier molecular flexibility index (Phi) is 14.2. The molecule has 0 saturated heterocycles. The van der Waals surface area contributed by atoms with E-state index in [0.29, 0.717) is 5.92 Å². The Bertz CT molecular complexity index is 5380. The number of anilines is 3. The number of aromatic nitrogens is 3. The summed E-state index contributed by atoms with van der Waals surface area (Å²) in [5.74, 6) is 0.508. The lowest BCUT2D eigenvalue weighted by Gasteiger charge is -2.31. The summed E-state index contributed by atoms with van der Waals surface area (Å²) in [5, 5.41) is 4.66. The summed E-state index contributed by atoms with van der Waals surface area (Å²) >= 11 is 1.25. The number of nitrogens with zero attached hydrogens (tertiary/aromatic N) is 4. The molecule has 12 aromatic carbocycles. The molecule has 6 heteroatoms. The number of hydrogen-bond acceptors (Lipinski definition) is 5. The topological polar surface area (TPSA) is 47.1 Å². The van der Waals surface area contributed by atoms with Gasteiger partial charge in [-0.2, -0.15) is 8.75 Å². The summed E-state index contributed by atoms with van der Waals surface area (Å²) in [5.41, 5.74) is 29.5. The minimum atomic E-state index is 0.106.